The summed E-state index contributed by atoms with van der Waals surface area (Å²) >= 11 is 0. The van der Waals surface area contributed by atoms with E-state index in [1.165, 1.54) is 10.2 Å². The summed E-state index contributed by atoms with van der Waals surface area (Å²) in [5.41, 5.74) is 3.46. The standard InChI is InChI=1S/C22H22N4O2/c1-3-15-8-10-16(11-9-15)12-23-20(27)14-26-19-7-5-4-6-17(19)18-13-24-25(2)22(28)21(18)26/h4-11,13H,3,12,14H2,1-2H3,(H,23,27). The zero-order valence-corrected chi connectivity index (χ0v) is 16.0. The van der Waals surface area contributed by atoms with E-state index in [0.717, 1.165) is 28.3 Å². The van der Waals surface area contributed by atoms with Crippen molar-refractivity contribution in [2.24, 2.45) is 7.05 Å². The van der Waals surface area contributed by atoms with Gasteiger partial charge in [-0.2, -0.15) is 5.10 Å². The van der Waals surface area contributed by atoms with Crippen molar-refractivity contribution < 1.29 is 4.79 Å². The number of rotatable bonds is 5. The maximum atomic E-state index is 12.7. The Morgan fingerprint density at radius 3 is 2.50 bits per heavy atom. The normalized spacial score (nSPS) is 11.2. The number of carbonyl (C=O) groups is 1. The van der Waals surface area contributed by atoms with Gasteiger partial charge in [0.2, 0.25) is 5.91 Å². The van der Waals surface area contributed by atoms with E-state index >= 15 is 0 Å². The smallest absolute Gasteiger partial charge is 0.291 e. The average Bonchev–Trinajstić information content (AvgIpc) is 3.04. The number of benzene rings is 2. The first-order valence-electron chi connectivity index (χ1n) is 9.36. The highest BCUT2D eigenvalue weighted by atomic mass is 16.2. The molecule has 142 valence electrons. The van der Waals surface area contributed by atoms with Crippen LogP contribution in [0.5, 0.6) is 0 Å². The Balaban J connectivity index is 1.63. The van der Waals surface area contributed by atoms with Crippen LogP contribution < -0.4 is 10.9 Å². The lowest BCUT2D eigenvalue weighted by Crippen LogP contribution is -2.29. The van der Waals surface area contributed by atoms with Gasteiger partial charge < -0.3 is 9.88 Å². The Morgan fingerprint density at radius 2 is 1.75 bits per heavy atom. The summed E-state index contributed by atoms with van der Waals surface area (Å²) < 4.78 is 3.08. The lowest BCUT2D eigenvalue weighted by molar-refractivity contribution is -0.121. The van der Waals surface area contributed by atoms with Crippen molar-refractivity contribution in [2.75, 3.05) is 0 Å². The second-order valence-electron chi connectivity index (χ2n) is 6.89. The third kappa shape index (κ3) is 3.17. The van der Waals surface area contributed by atoms with E-state index in [4.69, 9.17) is 0 Å². The highest BCUT2D eigenvalue weighted by Gasteiger charge is 2.16. The quantitative estimate of drug-likeness (QED) is 0.584. The molecule has 2 aromatic heterocycles. The highest BCUT2D eigenvalue weighted by Crippen LogP contribution is 2.25. The van der Waals surface area contributed by atoms with Crippen LogP contribution in [0.25, 0.3) is 21.8 Å². The summed E-state index contributed by atoms with van der Waals surface area (Å²) in [6.07, 6.45) is 2.67. The molecule has 0 aliphatic heterocycles. The molecule has 0 aliphatic carbocycles. The molecule has 6 nitrogen and oxygen atoms in total. The molecule has 2 heterocycles. The van der Waals surface area contributed by atoms with Gasteiger partial charge in [0.05, 0.1) is 6.20 Å². The Kier molecular flexibility index (Phi) is 4.69. The second kappa shape index (κ2) is 7.31. The lowest BCUT2D eigenvalue weighted by Gasteiger charge is -2.09. The van der Waals surface area contributed by atoms with E-state index in [1.54, 1.807) is 17.8 Å². The fourth-order valence-corrected chi connectivity index (χ4v) is 3.50. The summed E-state index contributed by atoms with van der Waals surface area (Å²) in [5.74, 6) is -0.138. The summed E-state index contributed by atoms with van der Waals surface area (Å²) in [5, 5.41) is 8.77. The zero-order valence-electron chi connectivity index (χ0n) is 16.0. The van der Waals surface area contributed by atoms with Gasteiger partial charge in [-0.3, -0.25) is 9.59 Å². The van der Waals surface area contributed by atoms with Crippen LogP contribution in [-0.2, 0) is 31.4 Å². The van der Waals surface area contributed by atoms with Crippen molar-refractivity contribution in [3.05, 3.63) is 76.2 Å². The van der Waals surface area contributed by atoms with Crippen molar-refractivity contribution in [1.29, 1.82) is 0 Å². The number of nitrogens with one attached hydrogen (secondary N) is 1. The number of aryl methyl sites for hydroxylation is 2. The predicted molar refractivity (Wildman–Crippen MR) is 110 cm³/mol. The molecule has 0 spiro atoms. The zero-order chi connectivity index (χ0) is 19.7. The van der Waals surface area contributed by atoms with Crippen LogP contribution in [0.4, 0.5) is 0 Å². The Labute approximate surface area is 162 Å². The number of carbonyl (C=O) groups excluding carboxylic acids is 1. The van der Waals surface area contributed by atoms with Gasteiger partial charge in [-0.1, -0.05) is 49.4 Å². The van der Waals surface area contributed by atoms with Gasteiger partial charge in [-0.25, -0.2) is 4.68 Å². The van der Waals surface area contributed by atoms with Gasteiger partial charge >= 0.3 is 0 Å². The van der Waals surface area contributed by atoms with Crippen LogP contribution in [0.1, 0.15) is 18.1 Å². The number of aromatic nitrogens is 3. The van der Waals surface area contributed by atoms with Crippen LogP contribution in [0.2, 0.25) is 0 Å². The van der Waals surface area contributed by atoms with Gasteiger partial charge in [0.25, 0.3) is 5.56 Å². The monoisotopic (exact) mass is 374 g/mol. The summed E-state index contributed by atoms with van der Waals surface area (Å²) in [4.78, 5) is 25.3. The largest absolute Gasteiger partial charge is 0.350 e. The Morgan fingerprint density at radius 1 is 1.04 bits per heavy atom. The SMILES string of the molecule is CCc1ccc(CNC(=O)Cn2c3ccccc3c3cnn(C)c(=O)c32)cc1. The molecule has 0 unspecified atom stereocenters. The first-order chi connectivity index (χ1) is 13.6. The number of hydrogen-bond donors (Lipinski definition) is 1. The summed E-state index contributed by atoms with van der Waals surface area (Å²) in [6, 6.07) is 15.9. The van der Waals surface area contributed by atoms with E-state index in [2.05, 4.69) is 29.5 Å². The van der Waals surface area contributed by atoms with Gasteiger partial charge in [0.15, 0.2) is 0 Å². The second-order valence-corrected chi connectivity index (χ2v) is 6.89. The molecular weight excluding hydrogens is 352 g/mol. The lowest BCUT2D eigenvalue weighted by atomic mass is 10.1. The maximum absolute atomic E-state index is 12.7. The van der Waals surface area contributed by atoms with Crippen molar-refractivity contribution in [1.82, 2.24) is 19.7 Å². The number of fused-ring (bicyclic) bond motifs is 3. The molecule has 4 rings (SSSR count). The molecule has 0 bridgehead atoms. The minimum atomic E-state index is -0.211. The molecule has 4 aromatic rings. The third-order valence-corrected chi connectivity index (χ3v) is 5.09. The fraction of sp³-hybridized carbons (Fsp3) is 0.227. The molecule has 6 heteroatoms. The van der Waals surface area contributed by atoms with Crippen molar-refractivity contribution in [3.8, 4) is 0 Å². The van der Waals surface area contributed by atoms with E-state index in [-0.39, 0.29) is 18.0 Å². The Hall–Kier alpha value is -3.41. The highest BCUT2D eigenvalue weighted by molar-refractivity contribution is 6.07. The first-order valence-corrected chi connectivity index (χ1v) is 9.36. The molecule has 0 radical (unpaired) electrons. The van der Waals surface area contributed by atoms with Crippen LogP contribution in [0, 0.1) is 0 Å². The summed E-state index contributed by atoms with van der Waals surface area (Å²) in [6.45, 7) is 2.65. The molecule has 0 fully saturated rings. The van der Waals surface area contributed by atoms with Crippen LogP contribution in [-0.4, -0.2) is 20.3 Å². The molecule has 0 saturated heterocycles. The number of nitrogens with zero attached hydrogens (tertiary/aromatic N) is 3. The van der Waals surface area contributed by atoms with Crippen LogP contribution in [0.15, 0.2) is 59.5 Å². The minimum Gasteiger partial charge on any atom is -0.350 e. The maximum Gasteiger partial charge on any atom is 0.291 e. The number of para-hydroxylation sites is 1. The van der Waals surface area contributed by atoms with E-state index in [9.17, 15) is 9.59 Å². The molecule has 2 aromatic carbocycles. The van der Waals surface area contributed by atoms with Crippen molar-refractivity contribution in [2.45, 2.75) is 26.4 Å². The molecule has 0 saturated carbocycles. The van der Waals surface area contributed by atoms with E-state index in [0.29, 0.717) is 12.1 Å². The first kappa shape index (κ1) is 18.0. The van der Waals surface area contributed by atoms with Crippen molar-refractivity contribution >= 4 is 27.7 Å². The molecule has 28 heavy (non-hydrogen) atoms. The minimum absolute atomic E-state index is 0.0797. The molecule has 1 amide bonds. The van der Waals surface area contributed by atoms with Gasteiger partial charge in [-0.05, 0) is 23.6 Å². The number of hydrogen-bond acceptors (Lipinski definition) is 3. The van der Waals surface area contributed by atoms with Crippen LogP contribution >= 0.6 is 0 Å². The molecule has 1 N–H and O–H groups in total. The van der Waals surface area contributed by atoms with Gasteiger partial charge in [0, 0.05) is 29.9 Å². The average molecular weight is 374 g/mol. The van der Waals surface area contributed by atoms with Crippen molar-refractivity contribution in [3.63, 3.8) is 0 Å². The Bertz CT molecular complexity index is 1220. The van der Waals surface area contributed by atoms with Gasteiger partial charge in [-0.15, -0.1) is 0 Å². The fourth-order valence-electron chi connectivity index (χ4n) is 3.50. The topological polar surface area (TPSA) is 68.9 Å². The van der Waals surface area contributed by atoms with E-state index < -0.39 is 0 Å². The van der Waals surface area contributed by atoms with Gasteiger partial charge in [0.1, 0.15) is 12.1 Å². The third-order valence-electron chi connectivity index (χ3n) is 5.09. The molecular formula is C22H22N4O2. The van der Waals surface area contributed by atoms with Crippen LogP contribution in [0.3, 0.4) is 0 Å². The summed E-state index contributed by atoms with van der Waals surface area (Å²) in [7, 11) is 1.61. The molecule has 0 aliphatic rings. The predicted octanol–water partition coefficient (Wildman–Crippen LogP) is 2.77. The number of amides is 1. The van der Waals surface area contributed by atoms with E-state index in [1.807, 2.05) is 36.4 Å². The molecule has 0 atom stereocenters.